The van der Waals surface area contributed by atoms with Crippen LogP contribution in [0.15, 0.2) is 36.9 Å². The van der Waals surface area contributed by atoms with Gasteiger partial charge >= 0.3 is 6.36 Å². The highest BCUT2D eigenvalue weighted by Gasteiger charge is 2.34. The molecule has 3 rings (SSSR count). The van der Waals surface area contributed by atoms with Gasteiger partial charge in [-0.1, -0.05) is 24.0 Å². The zero-order chi connectivity index (χ0) is 20.5. The first kappa shape index (κ1) is 19.9. The second kappa shape index (κ2) is 7.63. The van der Waals surface area contributed by atoms with Gasteiger partial charge in [0.2, 0.25) is 5.75 Å². The van der Waals surface area contributed by atoms with Crippen molar-refractivity contribution in [3.05, 3.63) is 76.6 Å². The molecule has 1 unspecified atom stereocenters. The Kier molecular flexibility index (Phi) is 5.41. The van der Waals surface area contributed by atoms with Crippen molar-refractivity contribution in [2.24, 2.45) is 5.92 Å². The van der Waals surface area contributed by atoms with E-state index in [1.807, 2.05) is 6.08 Å². The first-order chi connectivity index (χ1) is 13.2. The molecule has 0 fully saturated rings. The minimum absolute atomic E-state index is 0.0484. The maximum atomic E-state index is 14.7. The number of alkyl halides is 3. The number of rotatable bonds is 2. The second-order valence-corrected chi connectivity index (χ2v) is 6.37. The molecule has 0 saturated carbocycles. The minimum atomic E-state index is -5.23. The predicted molar refractivity (Wildman–Crippen MR) is 91.1 cm³/mol. The van der Waals surface area contributed by atoms with Crippen molar-refractivity contribution in [2.45, 2.75) is 25.6 Å². The van der Waals surface area contributed by atoms with Crippen LogP contribution < -0.4 is 4.74 Å². The molecular weight excluding hydrogens is 382 g/mol. The minimum Gasteiger partial charge on any atom is -0.399 e. The smallest absolute Gasteiger partial charge is 0.399 e. The lowest BCUT2D eigenvalue weighted by molar-refractivity contribution is -0.276. The monoisotopic (exact) mass is 396 g/mol. The maximum absolute atomic E-state index is 14.7. The van der Waals surface area contributed by atoms with Crippen LogP contribution in [0.25, 0.3) is 0 Å². The molecule has 1 atom stereocenters. The van der Waals surface area contributed by atoms with Gasteiger partial charge in [-0.05, 0) is 54.5 Å². The van der Waals surface area contributed by atoms with Crippen LogP contribution in [0, 0.1) is 35.2 Å². The summed E-state index contributed by atoms with van der Waals surface area (Å²) in [5, 5.41) is 0. The SMILES string of the molecule is C=CC1CCc2c(ccc(C#Cc3cc(F)c(OC(F)(F)F)c(F)c3)c2F)C1. The Morgan fingerprint density at radius 2 is 1.75 bits per heavy atom. The Morgan fingerprint density at radius 1 is 1.07 bits per heavy atom. The molecule has 0 radical (unpaired) electrons. The summed E-state index contributed by atoms with van der Waals surface area (Å²) in [5.74, 6) is -0.0140. The van der Waals surface area contributed by atoms with Crippen molar-refractivity contribution in [1.82, 2.24) is 0 Å². The molecule has 2 aromatic carbocycles. The van der Waals surface area contributed by atoms with Gasteiger partial charge in [0.05, 0.1) is 5.56 Å². The topological polar surface area (TPSA) is 9.23 Å². The fraction of sp³-hybridized carbons (Fsp3) is 0.238. The third kappa shape index (κ3) is 4.33. The van der Waals surface area contributed by atoms with E-state index in [1.165, 1.54) is 6.07 Å². The molecule has 0 heterocycles. The summed E-state index contributed by atoms with van der Waals surface area (Å²) in [6.07, 6.45) is -1.42. The number of allylic oxidation sites excluding steroid dienone is 1. The summed E-state index contributed by atoms with van der Waals surface area (Å²) in [6, 6.07) is 4.42. The van der Waals surface area contributed by atoms with Gasteiger partial charge in [0.15, 0.2) is 11.6 Å². The molecule has 146 valence electrons. The van der Waals surface area contributed by atoms with E-state index < -0.39 is 29.6 Å². The van der Waals surface area contributed by atoms with Crippen LogP contribution in [0.4, 0.5) is 26.3 Å². The summed E-state index contributed by atoms with van der Waals surface area (Å²) >= 11 is 0. The normalized spacial score (nSPS) is 16.0. The Morgan fingerprint density at radius 3 is 2.36 bits per heavy atom. The third-order valence-electron chi connectivity index (χ3n) is 4.48. The highest BCUT2D eigenvalue weighted by Crippen LogP contribution is 2.30. The zero-order valence-electron chi connectivity index (χ0n) is 14.5. The van der Waals surface area contributed by atoms with Gasteiger partial charge in [-0.3, -0.25) is 0 Å². The molecule has 0 aromatic heterocycles. The first-order valence-electron chi connectivity index (χ1n) is 8.37. The number of hydrogen-bond acceptors (Lipinski definition) is 1. The average molecular weight is 396 g/mol. The van der Waals surface area contributed by atoms with Crippen LogP contribution in [-0.4, -0.2) is 6.36 Å². The van der Waals surface area contributed by atoms with Crippen LogP contribution in [0.1, 0.15) is 28.7 Å². The zero-order valence-corrected chi connectivity index (χ0v) is 14.5. The molecule has 0 spiro atoms. The van der Waals surface area contributed by atoms with Gasteiger partial charge in [0.25, 0.3) is 0 Å². The number of fused-ring (bicyclic) bond motifs is 1. The molecule has 0 aliphatic heterocycles. The summed E-state index contributed by atoms with van der Waals surface area (Å²) in [4.78, 5) is 0. The van der Waals surface area contributed by atoms with Crippen LogP contribution >= 0.6 is 0 Å². The van der Waals surface area contributed by atoms with E-state index in [0.29, 0.717) is 30.5 Å². The molecule has 2 aromatic rings. The Balaban J connectivity index is 1.89. The first-order valence-corrected chi connectivity index (χ1v) is 8.37. The Hall–Kier alpha value is -2.88. The van der Waals surface area contributed by atoms with Gasteiger partial charge in [-0.15, -0.1) is 19.8 Å². The van der Waals surface area contributed by atoms with Crippen molar-refractivity contribution in [3.63, 3.8) is 0 Å². The second-order valence-electron chi connectivity index (χ2n) is 6.37. The molecular formula is C21H14F6O. The standard InChI is InChI=1S/C21H14F6O/c1-2-12-4-8-16-15(9-12)7-6-14(19(16)24)5-3-13-10-17(22)20(18(23)11-13)28-21(25,26)27/h2,6-7,10-12H,1,4,8-9H2. The van der Waals surface area contributed by atoms with Gasteiger partial charge in [0, 0.05) is 5.56 Å². The third-order valence-corrected chi connectivity index (χ3v) is 4.48. The van der Waals surface area contributed by atoms with E-state index in [-0.39, 0.29) is 17.0 Å². The number of hydrogen-bond donors (Lipinski definition) is 0. The predicted octanol–water partition coefficient (Wildman–Crippen LogP) is 5.69. The van der Waals surface area contributed by atoms with E-state index >= 15 is 0 Å². The fourth-order valence-electron chi connectivity index (χ4n) is 3.12. The van der Waals surface area contributed by atoms with E-state index in [4.69, 9.17) is 0 Å². The molecule has 1 aliphatic rings. The molecule has 7 heteroatoms. The van der Waals surface area contributed by atoms with Crippen molar-refractivity contribution < 1.29 is 31.1 Å². The highest BCUT2D eigenvalue weighted by molar-refractivity contribution is 5.49. The van der Waals surface area contributed by atoms with E-state index in [2.05, 4.69) is 23.2 Å². The Labute approximate surface area is 157 Å². The van der Waals surface area contributed by atoms with Crippen LogP contribution in [0.2, 0.25) is 0 Å². The molecule has 0 N–H and O–H groups in total. The molecule has 1 nitrogen and oxygen atoms in total. The van der Waals surface area contributed by atoms with Crippen molar-refractivity contribution in [2.75, 3.05) is 0 Å². The molecule has 0 saturated heterocycles. The number of benzene rings is 2. The molecule has 0 amide bonds. The lowest BCUT2D eigenvalue weighted by atomic mass is 9.83. The molecule has 28 heavy (non-hydrogen) atoms. The van der Waals surface area contributed by atoms with Crippen molar-refractivity contribution in [3.8, 4) is 17.6 Å². The summed E-state index contributed by atoms with van der Waals surface area (Å²) in [6.45, 7) is 3.75. The molecule has 0 bridgehead atoms. The van der Waals surface area contributed by atoms with Gasteiger partial charge in [-0.25, -0.2) is 13.2 Å². The van der Waals surface area contributed by atoms with Crippen LogP contribution in [-0.2, 0) is 12.8 Å². The summed E-state index contributed by atoms with van der Waals surface area (Å²) in [7, 11) is 0. The van der Waals surface area contributed by atoms with Crippen LogP contribution in [0.3, 0.4) is 0 Å². The maximum Gasteiger partial charge on any atom is 0.573 e. The van der Waals surface area contributed by atoms with Crippen LogP contribution in [0.5, 0.6) is 5.75 Å². The number of halogens is 6. The van der Waals surface area contributed by atoms with Gasteiger partial charge in [-0.2, -0.15) is 0 Å². The fourth-order valence-corrected chi connectivity index (χ4v) is 3.12. The van der Waals surface area contributed by atoms with E-state index in [1.54, 1.807) is 6.07 Å². The lowest BCUT2D eigenvalue weighted by Gasteiger charge is -2.22. The van der Waals surface area contributed by atoms with E-state index in [0.717, 1.165) is 12.0 Å². The van der Waals surface area contributed by atoms with E-state index in [9.17, 15) is 26.3 Å². The van der Waals surface area contributed by atoms with Crippen molar-refractivity contribution in [1.29, 1.82) is 0 Å². The van der Waals surface area contributed by atoms with Gasteiger partial charge < -0.3 is 4.74 Å². The summed E-state index contributed by atoms with van der Waals surface area (Å²) in [5.41, 5.74) is 1.22. The van der Waals surface area contributed by atoms with Crippen molar-refractivity contribution >= 4 is 0 Å². The number of ether oxygens (including phenoxy) is 1. The highest BCUT2D eigenvalue weighted by atomic mass is 19.4. The Bertz CT molecular complexity index is 958. The largest absolute Gasteiger partial charge is 0.573 e. The lowest BCUT2D eigenvalue weighted by Crippen LogP contribution is -2.19. The van der Waals surface area contributed by atoms with Gasteiger partial charge in [0.1, 0.15) is 5.82 Å². The average Bonchev–Trinajstić information content (AvgIpc) is 2.63. The quantitative estimate of drug-likeness (QED) is 0.360. The summed E-state index contributed by atoms with van der Waals surface area (Å²) < 4.78 is 82.0. The molecule has 1 aliphatic carbocycles.